The standard InChI is InChI=1S/C22H17FN4O/c1-14-13-15(23)11-12-18(14)26-22(28)21-25-19-10-6-5-9-17(19)20(27-21)24-16-7-3-2-4-8-16/h2-13H,1H3,(H,26,28)(H,24,25,27). The fraction of sp³-hybridized carbons (Fsp3) is 0.0455. The van der Waals surface area contributed by atoms with Crippen molar-refractivity contribution in [3.05, 3.63) is 90.0 Å². The Labute approximate surface area is 161 Å². The van der Waals surface area contributed by atoms with Crippen molar-refractivity contribution in [3.8, 4) is 0 Å². The lowest BCUT2D eigenvalue weighted by Gasteiger charge is -2.12. The molecular weight excluding hydrogens is 355 g/mol. The molecule has 0 saturated carbocycles. The highest BCUT2D eigenvalue weighted by Gasteiger charge is 2.15. The third kappa shape index (κ3) is 3.66. The van der Waals surface area contributed by atoms with E-state index in [9.17, 15) is 9.18 Å². The molecule has 3 aromatic carbocycles. The molecule has 138 valence electrons. The van der Waals surface area contributed by atoms with Crippen LogP contribution in [0.5, 0.6) is 0 Å². The van der Waals surface area contributed by atoms with Gasteiger partial charge in [-0.05, 0) is 55.0 Å². The van der Waals surface area contributed by atoms with Gasteiger partial charge < -0.3 is 10.6 Å². The van der Waals surface area contributed by atoms with Crippen molar-refractivity contribution in [1.29, 1.82) is 0 Å². The molecular formula is C22H17FN4O. The predicted octanol–water partition coefficient (Wildman–Crippen LogP) is 5.07. The van der Waals surface area contributed by atoms with Crippen molar-refractivity contribution >= 4 is 34.0 Å². The van der Waals surface area contributed by atoms with Gasteiger partial charge >= 0.3 is 0 Å². The van der Waals surface area contributed by atoms with Gasteiger partial charge in [0.2, 0.25) is 5.82 Å². The molecule has 1 aromatic heterocycles. The summed E-state index contributed by atoms with van der Waals surface area (Å²) in [7, 11) is 0. The number of hydrogen-bond donors (Lipinski definition) is 2. The average Bonchev–Trinajstić information content (AvgIpc) is 2.71. The number of rotatable bonds is 4. The van der Waals surface area contributed by atoms with Gasteiger partial charge in [-0.1, -0.05) is 30.3 Å². The second-order valence-corrected chi connectivity index (χ2v) is 6.32. The number of nitrogens with one attached hydrogen (secondary N) is 2. The Morgan fingerprint density at radius 2 is 1.68 bits per heavy atom. The Morgan fingerprint density at radius 1 is 0.929 bits per heavy atom. The van der Waals surface area contributed by atoms with Gasteiger partial charge in [-0.25, -0.2) is 14.4 Å². The summed E-state index contributed by atoms with van der Waals surface area (Å²) in [5.74, 6) is -0.248. The fourth-order valence-corrected chi connectivity index (χ4v) is 2.88. The van der Waals surface area contributed by atoms with E-state index in [0.717, 1.165) is 11.1 Å². The highest BCUT2D eigenvalue weighted by atomic mass is 19.1. The topological polar surface area (TPSA) is 66.9 Å². The van der Waals surface area contributed by atoms with Crippen LogP contribution < -0.4 is 10.6 Å². The van der Waals surface area contributed by atoms with Crippen LogP contribution in [-0.2, 0) is 0 Å². The molecule has 5 nitrogen and oxygen atoms in total. The maximum atomic E-state index is 13.3. The van der Waals surface area contributed by atoms with E-state index in [-0.39, 0.29) is 11.6 Å². The average molecular weight is 372 g/mol. The van der Waals surface area contributed by atoms with Gasteiger partial charge in [-0.15, -0.1) is 0 Å². The first-order valence-electron chi connectivity index (χ1n) is 8.76. The third-order valence-electron chi connectivity index (χ3n) is 4.28. The van der Waals surface area contributed by atoms with Gasteiger partial charge in [-0.3, -0.25) is 4.79 Å². The van der Waals surface area contributed by atoms with Crippen LogP contribution >= 0.6 is 0 Å². The van der Waals surface area contributed by atoms with E-state index in [2.05, 4.69) is 20.6 Å². The number of hydrogen-bond acceptors (Lipinski definition) is 4. The first kappa shape index (κ1) is 17.6. The van der Waals surface area contributed by atoms with Gasteiger partial charge in [0.05, 0.1) is 5.52 Å². The number of para-hydroxylation sites is 2. The molecule has 0 saturated heterocycles. The highest BCUT2D eigenvalue weighted by Crippen LogP contribution is 2.24. The van der Waals surface area contributed by atoms with E-state index in [0.29, 0.717) is 22.6 Å². The minimum Gasteiger partial charge on any atom is -0.340 e. The minimum atomic E-state index is -0.462. The Morgan fingerprint density at radius 3 is 2.46 bits per heavy atom. The van der Waals surface area contributed by atoms with E-state index in [1.165, 1.54) is 18.2 Å². The number of carbonyl (C=O) groups is 1. The lowest BCUT2D eigenvalue weighted by molar-refractivity contribution is 0.101. The summed E-state index contributed by atoms with van der Waals surface area (Å²) in [4.78, 5) is 21.6. The molecule has 4 rings (SSSR count). The molecule has 1 amide bonds. The number of fused-ring (bicyclic) bond motifs is 1. The number of carbonyl (C=O) groups excluding carboxylic acids is 1. The largest absolute Gasteiger partial charge is 0.340 e. The second kappa shape index (κ2) is 7.44. The number of benzene rings is 3. The monoisotopic (exact) mass is 372 g/mol. The second-order valence-electron chi connectivity index (χ2n) is 6.32. The number of anilines is 3. The van der Waals surface area contributed by atoms with Crippen LogP contribution in [0.2, 0.25) is 0 Å². The molecule has 1 heterocycles. The number of halogens is 1. The van der Waals surface area contributed by atoms with Crippen molar-refractivity contribution in [2.45, 2.75) is 6.92 Å². The molecule has 28 heavy (non-hydrogen) atoms. The Hall–Kier alpha value is -3.80. The zero-order chi connectivity index (χ0) is 19.5. The Kier molecular flexibility index (Phi) is 4.68. The summed E-state index contributed by atoms with van der Waals surface area (Å²) in [5.41, 5.74) is 2.64. The zero-order valence-corrected chi connectivity index (χ0v) is 15.1. The van der Waals surface area contributed by atoms with Crippen LogP contribution in [0.15, 0.2) is 72.8 Å². The van der Waals surface area contributed by atoms with Gasteiger partial charge in [-0.2, -0.15) is 0 Å². The van der Waals surface area contributed by atoms with Gasteiger partial charge in [0.1, 0.15) is 11.6 Å². The summed E-state index contributed by atoms with van der Waals surface area (Å²) < 4.78 is 13.3. The van der Waals surface area contributed by atoms with E-state index >= 15 is 0 Å². The molecule has 0 atom stereocenters. The smallest absolute Gasteiger partial charge is 0.293 e. The summed E-state index contributed by atoms with van der Waals surface area (Å²) in [5, 5.41) is 6.80. The molecule has 0 aliphatic heterocycles. The quantitative estimate of drug-likeness (QED) is 0.525. The summed E-state index contributed by atoms with van der Waals surface area (Å²) >= 11 is 0. The molecule has 2 N–H and O–H groups in total. The molecule has 0 bridgehead atoms. The Bertz CT molecular complexity index is 1160. The SMILES string of the molecule is Cc1cc(F)ccc1NC(=O)c1nc(Nc2ccccc2)c2ccccc2n1. The van der Waals surface area contributed by atoms with Crippen LogP contribution in [0, 0.1) is 12.7 Å². The number of nitrogens with zero attached hydrogens (tertiary/aromatic N) is 2. The van der Waals surface area contributed by atoms with Gasteiger partial charge in [0.25, 0.3) is 5.91 Å². The van der Waals surface area contributed by atoms with Crippen molar-refractivity contribution in [2.24, 2.45) is 0 Å². The van der Waals surface area contributed by atoms with E-state index in [1.807, 2.05) is 54.6 Å². The molecule has 6 heteroatoms. The summed E-state index contributed by atoms with van der Waals surface area (Å²) in [6, 6.07) is 21.2. The Balaban J connectivity index is 1.71. The molecule has 0 fully saturated rings. The predicted molar refractivity (Wildman–Crippen MR) is 108 cm³/mol. The molecule has 0 radical (unpaired) electrons. The first-order valence-corrected chi connectivity index (χ1v) is 8.76. The highest BCUT2D eigenvalue weighted by molar-refractivity contribution is 6.04. The zero-order valence-electron chi connectivity index (χ0n) is 15.1. The van der Waals surface area contributed by atoms with E-state index in [4.69, 9.17) is 0 Å². The minimum absolute atomic E-state index is 0.0286. The maximum Gasteiger partial charge on any atom is 0.293 e. The van der Waals surface area contributed by atoms with E-state index in [1.54, 1.807) is 6.92 Å². The fourth-order valence-electron chi connectivity index (χ4n) is 2.88. The van der Waals surface area contributed by atoms with Crippen LogP contribution in [0.25, 0.3) is 10.9 Å². The van der Waals surface area contributed by atoms with Crippen LogP contribution in [0.3, 0.4) is 0 Å². The lowest BCUT2D eigenvalue weighted by Crippen LogP contribution is -2.17. The summed E-state index contributed by atoms with van der Waals surface area (Å²) in [6.07, 6.45) is 0. The number of amides is 1. The number of aryl methyl sites for hydroxylation is 1. The summed E-state index contributed by atoms with van der Waals surface area (Å²) in [6.45, 7) is 1.72. The first-order chi connectivity index (χ1) is 13.6. The van der Waals surface area contributed by atoms with Crippen molar-refractivity contribution in [3.63, 3.8) is 0 Å². The normalized spacial score (nSPS) is 10.6. The molecule has 0 unspecified atom stereocenters. The molecule has 0 aliphatic rings. The van der Waals surface area contributed by atoms with Crippen LogP contribution in [0.4, 0.5) is 21.6 Å². The number of aromatic nitrogens is 2. The van der Waals surface area contributed by atoms with Crippen LogP contribution in [-0.4, -0.2) is 15.9 Å². The maximum absolute atomic E-state index is 13.3. The third-order valence-corrected chi connectivity index (χ3v) is 4.28. The molecule has 0 aliphatic carbocycles. The lowest BCUT2D eigenvalue weighted by atomic mass is 10.2. The molecule has 0 spiro atoms. The van der Waals surface area contributed by atoms with Crippen molar-refractivity contribution < 1.29 is 9.18 Å². The van der Waals surface area contributed by atoms with Crippen molar-refractivity contribution in [1.82, 2.24) is 9.97 Å². The van der Waals surface area contributed by atoms with Gasteiger partial charge in [0, 0.05) is 16.8 Å². The van der Waals surface area contributed by atoms with E-state index < -0.39 is 5.91 Å². The van der Waals surface area contributed by atoms with Crippen LogP contribution in [0.1, 0.15) is 16.2 Å². The van der Waals surface area contributed by atoms with Gasteiger partial charge in [0.15, 0.2) is 0 Å². The molecule has 4 aromatic rings. The van der Waals surface area contributed by atoms with Crippen molar-refractivity contribution in [2.75, 3.05) is 10.6 Å².